The summed E-state index contributed by atoms with van der Waals surface area (Å²) in [5, 5.41) is 2.47. The van der Waals surface area contributed by atoms with E-state index in [4.69, 9.17) is 0 Å². The van der Waals surface area contributed by atoms with E-state index in [9.17, 15) is 9.59 Å². The molecule has 0 aliphatic heterocycles. The zero-order chi connectivity index (χ0) is 23.2. The molecule has 1 heterocycles. The van der Waals surface area contributed by atoms with Crippen LogP contribution in [0.1, 0.15) is 43.5 Å². The molecule has 0 saturated heterocycles. The second kappa shape index (κ2) is 10.6. The summed E-state index contributed by atoms with van der Waals surface area (Å²) in [4.78, 5) is 33.6. The van der Waals surface area contributed by atoms with Crippen LogP contribution in [-0.4, -0.2) is 34.3 Å². The van der Waals surface area contributed by atoms with E-state index in [1.54, 1.807) is 17.1 Å². The number of aromatic nitrogens is 1. The number of nitrogens with zero attached hydrogens (tertiary/aromatic N) is 3. The molecule has 0 radical (unpaired) electrons. The normalized spacial score (nSPS) is 15.3. The molecule has 1 atom stereocenters. The van der Waals surface area contributed by atoms with Gasteiger partial charge in [-0.3, -0.25) is 14.5 Å². The molecule has 4 rings (SSSR count). The van der Waals surface area contributed by atoms with E-state index in [1.807, 2.05) is 40.6 Å². The fourth-order valence-corrected chi connectivity index (χ4v) is 5.22. The monoisotopic (exact) mass is 459 g/mol. The predicted octanol–water partition coefficient (Wildman–Crippen LogP) is 5.64. The number of fused-ring (bicyclic) bond motifs is 1. The van der Waals surface area contributed by atoms with Crippen molar-refractivity contribution in [1.29, 1.82) is 0 Å². The molecule has 0 fully saturated rings. The smallest absolute Gasteiger partial charge is 0.246 e. The lowest BCUT2D eigenvalue weighted by atomic mass is 9.87. The van der Waals surface area contributed by atoms with Crippen molar-refractivity contribution in [2.45, 2.75) is 45.6 Å². The maximum absolute atomic E-state index is 13.1. The van der Waals surface area contributed by atoms with Crippen molar-refractivity contribution in [3.05, 3.63) is 82.9 Å². The number of rotatable bonds is 7. The molecule has 0 spiro atoms. The van der Waals surface area contributed by atoms with Crippen LogP contribution in [0.2, 0.25) is 0 Å². The number of anilines is 2. The molecule has 1 aliphatic carbocycles. The molecule has 5 nitrogen and oxygen atoms in total. The molecule has 2 amide bonds. The lowest BCUT2D eigenvalue weighted by molar-refractivity contribution is -0.128. The van der Waals surface area contributed by atoms with Gasteiger partial charge in [-0.25, -0.2) is 4.98 Å². The van der Waals surface area contributed by atoms with Gasteiger partial charge in [0.2, 0.25) is 11.8 Å². The maximum atomic E-state index is 13.1. The predicted molar refractivity (Wildman–Crippen MR) is 135 cm³/mol. The van der Waals surface area contributed by atoms with Crippen LogP contribution in [0, 0.1) is 0 Å². The molecule has 6 heteroatoms. The fourth-order valence-electron chi connectivity index (χ4n) is 4.37. The van der Waals surface area contributed by atoms with Crippen LogP contribution in [0.5, 0.6) is 0 Å². The lowest BCUT2D eigenvalue weighted by Gasteiger charge is -2.34. The van der Waals surface area contributed by atoms with Gasteiger partial charge in [-0.05, 0) is 55.0 Å². The molecule has 1 unspecified atom stereocenters. The van der Waals surface area contributed by atoms with Gasteiger partial charge in [0.05, 0.1) is 11.4 Å². The van der Waals surface area contributed by atoms with Gasteiger partial charge in [0.1, 0.15) is 0 Å². The van der Waals surface area contributed by atoms with Crippen molar-refractivity contribution >= 4 is 40.0 Å². The summed E-state index contributed by atoms with van der Waals surface area (Å²) in [6, 6.07) is 18.2. The minimum absolute atomic E-state index is 0.0160. The van der Waals surface area contributed by atoms with Crippen molar-refractivity contribution < 1.29 is 9.59 Å². The number of aryl methyl sites for hydroxylation is 1. The van der Waals surface area contributed by atoms with Crippen LogP contribution in [0.15, 0.2) is 66.1 Å². The summed E-state index contributed by atoms with van der Waals surface area (Å²) in [5.41, 5.74) is 4.20. The molecule has 3 aromatic rings. The van der Waals surface area contributed by atoms with Gasteiger partial charge in [-0.2, -0.15) is 0 Å². The number of hydrogen-bond acceptors (Lipinski definition) is 4. The Morgan fingerprint density at radius 1 is 1.09 bits per heavy atom. The fraction of sp³-hybridized carbons (Fsp3) is 0.296. The Balaban J connectivity index is 1.48. The average Bonchev–Trinajstić information content (AvgIpc) is 3.29. The zero-order valence-electron chi connectivity index (χ0n) is 19.1. The highest BCUT2D eigenvalue weighted by Gasteiger charge is 2.26. The molecule has 1 aromatic heterocycles. The van der Waals surface area contributed by atoms with Gasteiger partial charge < -0.3 is 4.90 Å². The molecule has 0 saturated carbocycles. The van der Waals surface area contributed by atoms with Gasteiger partial charge in [-0.1, -0.05) is 49.4 Å². The van der Waals surface area contributed by atoms with Gasteiger partial charge >= 0.3 is 0 Å². The van der Waals surface area contributed by atoms with Crippen LogP contribution >= 0.6 is 11.3 Å². The van der Waals surface area contributed by atoms with Crippen LogP contribution in [0.3, 0.4) is 0 Å². The highest BCUT2D eigenvalue weighted by molar-refractivity contribution is 7.14. The van der Waals surface area contributed by atoms with Gasteiger partial charge in [0, 0.05) is 31.0 Å². The van der Waals surface area contributed by atoms with Gasteiger partial charge in [-0.15, -0.1) is 11.3 Å². The van der Waals surface area contributed by atoms with Crippen molar-refractivity contribution in [2.24, 2.45) is 0 Å². The number of benzene rings is 2. The standard InChI is InChI=1S/C27H29N3O2S/c1-3-17-29(25-15-13-21-9-7-8-10-22(21)18-25)26(32)16-14-23-19-33-27(28-23)30(20(2)31)24-11-5-4-6-12-24/h4-12,14,16,19,25H,3,13,15,17-18H2,1-2H3. The molecular formula is C27H29N3O2S. The molecule has 1 aliphatic rings. The number of amides is 2. The van der Waals surface area contributed by atoms with Gasteiger partial charge in [0.25, 0.3) is 0 Å². The highest BCUT2D eigenvalue weighted by atomic mass is 32.1. The summed E-state index contributed by atoms with van der Waals surface area (Å²) < 4.78 is 0. The summed E-state index contributed by atoms with van der Waals surface area (Å²) in [6.45, 7) is 4.37. The van der Waals surface area contributed by atoms with Crippen LogP contribution in [0.25, 0.3) is 6.08 Å². The molecule has 0 bridgehead atoms. The minimum Gasteiger partial charge on any atom is -0.336 e. The third-order valence-corrected chi connectivity index (χ3v) is 6.78. The third kappa shape index (κ3) is 5.40. The molecule has 33 heavy (non-hydrogen) atoms. The first-order valence-electron chi connectivity index (χ1n) is 11.4. The van der Waals surface area contributed by atoms with Crippen molar-refractivity contribution in [1.82, 2.24) is 9.88 Å². The summed E-state index contributed by atoms with van der Waals surface area (Å²) in [7, 11) is 0. The first-order chi connectivity index (χ1) is 16.1. The number of thiazole rings is 1. The maximum Gasteiger partial charge on any atom is 0.246 e. The Hall–Kier alpha value is -3.25. The second-order valence-corrected chi connectivity index (χ2v) is 9.11. The first kappa shape index (κ1) is 22.9. The zero-order valence-corrected chi connectivity index (χ0v) is 19.9. The van der Waals surface area contributed by atoms with Crippen molar-refractivity contribution in [2.75, 3.05) is 11.4 Å². The van der Waals surface area contributed by atoms with E-state index in [-0.39, 0.29) is 17.9 Å². The molecular weight excluding hydrogens is 430 g/mol. The molecule has 0 N–H and O–H groups in total. The number of carbonyl (C=O) groups is 2. The van der Waals surface area contributed by atoms with Crippen molar-refractivity contribution in [3.63, 3.8) is 0 Å². The van der Waals surface area contributed by atoms with E-state index in [0.29, 0.717) is 10.8 Å². The Morgan fingerprint density at radius 2 is 1.82 bits per heavy atom. The topological polar surface area (TPSA) is 53.5 Å². The Labute approximate surface area is 199 Å². The second-order valence-electron chi connectivity index (χ2n) is 8.28. The lowest BCUT2D eigenvalue weighted by Crippen LogP contribution is -2.43. The Bertz CT molecular complexity index is 1140. The summed E-state index contributed by atoms with van der Waals surface area (Å²) in [5.74, 6) is -0.0869. The van der Waals surface area contributed by atoms with Crippen LogP contribution in [-0.2, 0) is 22.4 Å². The third-order valence-electron chi connectivity index (χ3n) is 5.94. The van der Waals surface area contributed by atoms with E-state index >= 15 is 0 Å². The summed E-state index contributed by atoms with van der Waals surface area (Å²) >= 11 is 1.39. The number of hydrogen-bond donors (Lipinski definition) is 0. The Kier molecular flexibility index (Phi) is 7.35. The first-order valence-corrected chi connectivity index (χ1v) is 12.3. The van der Waals surface area contributed by atoms with E-state index in [1.165, 1.54) is 29.4 Å². The molecule has 170 valence electrons. The van der Waals surface area contributed by atoms with Gasteiger partial charge in [0.15, 0.2) is 5.13 Å². The quantitative estimate of drug-likeness (QED) is 0.430. The van der Waals surface area contributed by atoms with E-state index in [0.717, 1.165) is 37.9 Å². The SMILES string of the molecule is CCCN(C(=O)C=Cc1csc(N(C(C)=O)c2ccccc2)n1)C1CCc2ccccc2C1. The van der Waals surface area contributed by atoms with E-state index in [2.05, 4.69) is 36.2 Å². The number of carbonyl (C=O) groups excluding carboxylic acids is 2. The largest absolute Gasteiger partial charge is 0.336 e. The van der Waals surface area contributed by atoms with E-state index < -0.39 is 0 Å². The minimum atomic E-state index is -0.103. The van der Waals surface area contributed by atoms with Crippen LogP contribution < -0.4 is 4.90 Å². The molecule has 2 aromatic carbocycles. The van der Waals surface area contributed by atoms with Crippen LogP contribution in [0.4, 0.5) is 10.8 Å². The average molecular weight is 460 g/mol. The van der Waals surface area contributed by atoms with Crippen molar-refractivity contribution in [3.8, 4) is 0 Å². The summed E-state index contributed by atoms with van der Waals surface area (Å²) in [6.07, 6.45) is 7.20. The Morgan fingerprint density at radius 3 is 2.55 bits per heavy atom. The highest BCUT2D eigenvalue weighted by Crippen LogP contribution is 2.29. The number of para-hydroxylation sites is 1.